The van der Waals surface area contributed by atoms with Crippen LogP contribution in [0.4, 0.5) is 0 Å². The molecule has 0 spiro atoms. The highest BCUT2D eigenvalue weighted by Crippen LogP contribution is 2.37. The van der Waals surface area contributed by atoms with Crippen molar-refractivity contribution >= 4 is 22.5 Å². The fraction of sp³-hybridized carbons (Fsp3) is 0.471. The molecule has 21 heavy (non-hydrogen) atoms. The zero-order valence-corrected chi connectivity index (χ0v) is 12.9. The van der Waals surface area contributed by atoms with Crippen LogP contribution in [0.2, 0.25) is 5.02 Å². The monoisotopic (exact) mass is 304 g/mol. The van der Waals surface area contributed by atoms with Gasteiger partial charge in [-0.2, -0.15) is 0 Å². The summed E-state index contributed by atoms with van der Waals surface area (Å²) in [6, 6.07) is 7.87. The molecule has 1 fully saturated rings. The zero-order chi connectivity index (χ0) is 14.7. The quantitative estimate of drug-likeness (QED) is 0.888. The van der Waals surface area contributed by atoms with Crippen molar-refractivity contribution < 1.29 is 5.11 Å². The number of aromatic nitrogens is 1. The Kier molecular flexibility index (Phi) is 4.43. The third-order valence-electron chi connectivity index (χ3n) is 4.62. The second-order valence-electron chi connectivity index (χ2n) is 6.07. The van der Waals surface area contributed by atoms with E-state index in [-0.39, 0.29) is 12.0 Å². The molecule has 1 aromatic carbocycles. The molecule has 2 N–H and O–H groups in total. The number of hydrogen-bond donors (Lipinski definition) is 2. The fourth-order valence-electron chi connectivity index (χ4n) is 3.32. The lowest BCUT2D eigenvalue weighted by Crippen LogP contribution is -2.34. The number of hydrogen-bond acceptors (Lipinski definition) is 3. The van der Waals surface area contributed by atoms with Crippen molar-refractivity contribution in [3.8, 4) is 0 Å². The summed E-state index contributed by atoms with van der Waals surface area (Å²) in [6.45, 7) is 1.90. The molecule has 1 aliphatic carbocycles. The summed E-state index contributed by atoms with van der Waals surface area (Å²) < 4.78 is 0. The minimum atomic E-state index is 0.0790. The predicted molar refractivity (Wildman–Crippen MR) is 86.4 cm³/mol. The number of nitrogens with zero attached hydrogens (tertiary/aromatic N) is 1. The second kappa shape index (κ2) is 6.30. The number of nitrogens with one attached hydrogen (secondary N) is 1. The average Bonchev–Trinajstić information content (AvgIpc) is 2.99. The molecule has 1 aromatic heterocycles. The molecule has 1 saturated carbocycles. The maximum absolute atomic E-state index is 9.65. The number of fused-ring (bicyclic) bond motifs is 1. The van der Waals surface area contributed by atoms with Crippen LogP contribution >= 0.6 is 11.6 Å². The molecule has 0 amide bonds. The standard InChI is InChI=1S/C17H21ClN2O/c18-15-6-5-13(16-14(15)4-3-9-20-16)10-19-11-17(12-21)7-1-2-8-17/h3-6,9,19,21H,1-2,7-8,10-12H2. The van der Waals surface area contributed by atoms with Gasteiger partial charge >= 0.3 is 0 Å². The van der Waals surface area contributed by atoms with Crippen LogP contribution in [0.1, 0.15) is 31.2 Å². The summed E-state index contributed by atoms with van der Waals surface area (Å²) in [5.41, 5.74) is 2.19. The molecule has 3 rings (SSSR count). The van der Waals surface area contributed by atoms with Crippen LogP contribution in [0.3, 0.4) is 0 Å². The van der Waals surface area contributed by atoms with Gasteiger partial charge in [-0.1, -0.05) is 30.5 Å². The zero-order valence-electron chi connectivity index (χ0n) is 12.1. The van der Waals surface area contributed by atoms with Gasteiger partial charge in [-0.25, -0.2) is 0 Å². The molecule has 0 aliphatic heterocycles. The SMILES string of the molecule is OCC1(CNCc2ccc(Cl)c3cccnc23)CCCC1. The number of aliphatic hydroxyl groups excluding tert-OH is 1. The Morgan fingerprint density at radius 3 is 2.81 bits per heavy atom. The Balaban J connectivity index is 1.72. The first-order valence-corrected chi connectivity index (χ1v) is 7.96. The Hall–Kier alpha value is -1.16. The van der Waals surface area contributed by atoms with Crippen molar-refractivity contribution in [2.75, 3.05) is 13.2 Å². The number of aliphatic hydroxyl groups is 1. The topological polar surface area (TPSA) is 45.1 Å². The van der Waals surface area contributed by atoms with E-state index in [0.717, 1.165) is 47.4 Å². The molecule has 0 bridgehead atoms. The Bertz CT molecular complexity index is 623. The molecule has 1 heterocycles. The van der Waals surface area contributed by atoms with Crippen LogP contribution in [-0.2, 0) is 6.54 Å². The predicted octanol–water partition coefficient (Wildman–Crippen LogP) is 3.53. The number of benzene rings is 1. The van der Waals surface area contributed by atoms with E-state index in [4.69, 9.17) is 11.6 Å². The third-order valence-corrected chi connectivity index (χ3v) is 4.94. The van der Waals surface area contributed by atoms with Crippen molar-refractivity contribution in [2.45, 2.75) is 32.2 Å². The first kappa shape index (κ1) is 14.8. The van der Waals surface area contributed by atoms with Crippen LogP contribution in [0.5, 0.6) is 0 Å². The van der Waals surface area contributed by atoms with E-state index in [1.165, 1.54) is 12.8 Å². The van der Waals surface area contributed by atoms with Crippen LogP contribution in [-0.4, -0.2) is 23.2 Å². The smallest absolute Gasteiger partial charge is 0.0761 e. The molecule has 0 saturated heterocycles. The summed E-state index contributed by atoms with van der Waals surface area (Å²) in [6.07, 6.45) is 6.50. The Labute approximate surface area is 130 Å². The van der Waals surface area contributed by atoms with E-state index in [1.54, 1.807) is 6.20 Å². The average molecular weight is 305 g/mol. The molecular weight excluding hydrogens is 284 g/mol. The van der Waals surface area contributed by atoms with Crippen LogP contribution in [0.15, 0.2) is 30.5 Å². The van der Waals surface area contributed by atoms with Gasteiger partial charge in [0.2, 0.25) is 0 Å². The van der Waals surface area contributed by atoms with E-state index >= 15 is 0 Å². The van der Waals surface area contributed by atoms with E-state index in [2.05, 4.69) is 10.3 Å². The highest BCUT2D eigenvalue weighted by Gasteiger charge is 2.32. The number of halogens is 1. The van der Waals surface area contributed by atoms with Crippen LogP contribution in [0, 0.1) is 5.41 Å². The van der Waals surface area contributed by atoms with Gasteiger partial charge < -0.3 is 10.4 Å². The second-order valence-corrected chi connectivity index (χ2v) is 6.48. The lowest BCUT2D eigenvalue weighted by molar-refractivity contribution is 0.128. The van der Waals surface area contributed by atoms with Crippen molar-refractivity contribution in [1.82, 2.24) is 10.3 Å². The van der Waals surface area contributed by atoms with Gasteiger partial charge in [-0.15, -0.1) is 0 Å². The first-order valence-electron chi connectivity index (χ1n) is 7.58. The molecular formula is C17H21ClN2O. The summed E-state index contributed by atoms with van der Waals surface area (Å²) in [5, 5.41) is 14.9. The first-order chi connectivity index (χ1) is 10.2. The molecule has 0 radical (unpaired) electrons. The molecule has 3 nitrogen and oxygen atoms in total. The highest BCUT2D eigenvalue weighted by molar-refractivity contribution is 6.35. The van der Waals surface area contributed by atoms with Gasteiger partial charge in [-0.05, 0) is 36.6 Å². The third kappa shape index (κ3) is 3.05. The van der Waals surface area contributed by atoms with E-state index < -0.39 is 0 Å². The van der Waals surface area contributed by atoms with Gasteiger partial charge in [0.15, 0.2) is 0 Å². The summed E-state index contributed by atoms with van der Waals surface area (Å²) in [5.74, 6) is 0. The number of rotatable bonds is 5. The minimum absolute atomic E-state index is 0.0790. The lowest BCUT2D eigenvalue weighted by atomic mass is 9.87. The van der Waals surface area contributed by atoms with Gasteiger partial charge in [0.25, 0.3) is 0 Å². The lowest BCUT2D eigenvalue weighted by Gasteiger charge is -2.26. The van der Waals surface area contributed by atoms with E-state index in [0.29, 0.717) is 0 Å². The molecule has 112 valence electrons. The maximum Gasteiger partial charge on any atom is 0.0761 e. The van der Waals surface area contributed by atoms with Crippen LogP contribution < -0.4 is 5.32 Å². The summed E-state index contributed by atoms with van der Waals surface area (Å²) in [7, 11) is 0. The molecule has 2 aromatic rings. The maximum atomic E-state index is 9.65. The van der Waals surface area contributed by atoms with E-state index in [9.17, 15) is 5.11 Å². The normalized spacial score (nSPS) is 17.4. The summed E-state index contributed by atoms with van der Waals surface area (Å²) >= 11 is 6.22. The van der Waals surface area contributed by atoms with Gasteiger partial charge in [-0.3, -0.25) is 4.98 Å². The minimum Gasteiger partial charge on any atom is -0.396 e. The molecule has 0 atom stereocenters. The van der Waals surface area contributed by atoms with Crippen molar-refractivity contribution in [2.24, 2.45) is 5.41 Å². The largest absolute Gasteiger partial charge is 0.396 e. The van der Waals surface area contributed by atoms with Crippen molar-refractivity contribution in [1.29, 1.82) is 0 Å². The summed E-state index contributed by atoms with van der Waals surface area (Å²) in [4.78, 5) is 4.46. The Morgan fingerprint density at radius 1 is 1.24 bits per heavy atom. The number of pyridine rings is 1. The highest BCUT2D eigenvalue weighted by atomic mass is 35.5. The molecule has 1 aliphatic rings. The van der Waals surface area contributed by atoms with Gasteiger partial charge in [0, 0.05) is 41.7 Å². The molecule has 4 heteroatoms. The van der Waals surface area contributed by atoms with Crippen molar-refractivity contribution in [3.63, 3.8) is 0 Å². The van der Waals surface area contributed by atoms with Gasteiger partial charge in [0.1, 0.15) is 0 Å². The van der Waals surface area contributed by atoms with Gasteiger partial charge in [0.05, 0.1) is 5.52 Å². The van der Waals surface area contributed by atoms with Crippen LogP contribution in [0.25, 0.3) is 10.9 Å². The molecule has 0 unspecified atom stereocenters. The Morgan fingerprint density at radius 2 is 2.05 bits per heavy atom. The van der Waals surface area contributed by atoms with E-state index in [1.807, 2.05) is 24.3 Å². The fourth-order valence-corrected chi connectivity index (χ4v) is 3.53. The van der Waals surface area contributed by atoms with Crippen molar-refractivity contribution in [3.05, 3.63) is 41.0 Å².